The summed E-state index contributed by atoms with van der Waals surface area (Å²) < 4.78 is 0.687. The summed E-state index contributed by atoms with van der Waals surface area (Å²) in [6.45, 7) is 13.8. The molecule has 0 atom stereocenters. The van der Waals surface area contributed by atoms with Crippen molar-refractivity contribution >= 4 is 40.7 Å². The molecule has 3 fully saturated rings. The van der Waals surface area contributed by atoms with E-state index in [1.807, 2.05) is 31.5 Å². The van der Waals surface area contributed by atoms with E-state index in [-0.39, 0.29) is 29.2 Å². The van der Waals surface area contributed by atoms with Crippen molar-refractivity contribution in [3.05, 3.63) is 0 Å². The standard InChI is InChI=1S/C23H41IN6O3/c1-6-22(7-2,16-26-11-10-25(5)19(26)31)29-14-12-27(20(29)32)17-23(8-3,9-4)30-15-13-28(18-24)21(30)33/h6-18H2,1-5H3. The third kappa shape index (κ3) is 4.60. The molecule has 0 radical (unpaired) electrons. The first-order valence-electron chi connectivity index (χ1n) is 12.4. The zero-order chi connectivity index (χ0) is 24.4. The van der Waals surface area contributed by atoms with Crippen molar-refractivity contribution in [1.29, 1.82) is 0 Å². The van der Waals surface area contributed by atoms with E-state index in [1.54, 1.807) is 4.90 Å². The lowest BCUT2D eigenvalue weighted by atomic mass is 9.89. The average molecular weight is 577 g/mol. The number of rotatable bonds is 11. The molecule has 3 aliphatic rings. The van der Waals surface area contributed by atoms with Gasteiger partial charge in [-0.1, -0.05) is 50.3 Å². The number of alkyl halides is 1. The molecule has 3 aliphatic heterocycles. The number of nitrogens with zero attached hydrogens (tertiary/aromatic N) is 6. The molecular weight excluding hydrogens is 535 g/mol. The van der Waals surface area contributed by atoms with Crippen molar-refractivity contribution in [3.63, 3.8) is 0 Å². The number of carbonyl (C=O) groups is 3. The predicted molar refractivity (Wildman–Crippen MR) is 138 cm³/mol. The maximum atomic E-state index is 13.7. The lowest BCUT2D eigenvalue weighted by Crippen LogP contribution is -2.59. The summed E-state index contributed by atoms with van der Waals surface area (Å²) >= 11 is 2.24. The first-order valence-corrected chi connectivity index (χ1v) is 13.9. The van der Waals surface area contributed by atoms with E-state index >= 15 is 0 Å². The van der Waals surface area contributed by atoms with E-state index in [1.165, 1.54) is 0 Å². The molecule has 0 saturated carbocycles. The average Bonchev–Trinajstić information content (AvgIpc) is 3.49. The Bertz CT molecular complexity index is 742. The number of carbonyl (C=O) groups excluding carboxylic acids is 3. The van der Waals surface area contributed by atoms with Gasteiger partial charge in [-0.15, -0.1) is 0 Å². The second kappa shape index (κ2) is 10.4. The molecule has 0 unspecified atom stereocenters. The maximum absolute atomic E-state index is 13.7. The monoisotopic (exact) mass is 576 g/mol. The minimum Gasteiger partial charge on any atom is -0.326 e. The van der Waals surface area contributed by atoms with Crippen molar-refractivity contribution in [2.24, 2.45) is 0 Å². The van der Waals surface area contributed by atoms with Gasteiger partial charge in [0.05, 0.1) is 15.6 Å². The molecule has 9 nitrogen and oxygen atoms in total. The summed E-state index contributed by atoms with van der Waals surface area (Å²) in [4.78, 5) is 50.8. The minimum absolute atomic E-state index is 0.0439. The fraction of sp³-hybridized carbons (Fsp3) is 0.870. The van der Waals surface area contributed by atoms with Gasteiger partial charge in [-0.2, -0.15) is 0 Å². The number of hydrogen-bond donors (Lipinski definition) is 0. The fourth-order valence-electron chi connectivity index (χ4n) is 5.75. The molecule has 0 spiro atoms. The maximum Gasteiger partial charge on any atom is 0.321 e. The number of halogens is 1. The van der Waals surface area contributed by atoms with Crippen LogP contribution < -0.4 is 0 Å². The predicted octanol–water partition coefficient (Wildman–Crippen LogP) is 3.34. The van der Waals surface area contributed by atoms with E-state index in [2.05, 4.69) is 50.3 Å². The molecular formula is C23H41IN6O3. The molecule has 0 aromatic heterocycles. The van der Waals surface area contributed by atoms with Gasteiger partial charge in [0.1, 0.15) is 0 Å². The Balaban J connectivity index is 1.78. The van der Waals surface area contributed by atoms with Crippen molar-refractivity contribution in [1.82, 2.24) is 29.4 Å². The Morgan fingerprint density at radius 3 is 1.39 bits per heavy atom. The van der Waals surface area contributed by atoms with Gasteiger partial charge in [0.25, 0.3) is 0 Å². The summed E-state index contributed by atoms with van der Waals surface area (Å²) in [5, 5.41) is 0. The summed E-state index contributed by atoms with van der Waals surface area (Å²) in [5.74, 6) is 0. The van der Waals surface area contributed by atoms with E-state index in [4.69, 9.17) is 0 Å². The summed E-state index contributed by atoms with van der Waals surface area (Å²) in [5.41, 5.74) is -0.715. The van der Waals surface area contributed by atoms with Gasteiger partial charge in [0.2, 0.25) is 0 Å². The quantitative estimate of drug-likeness (QED) is 0.215. The van der Waals surface area contributed by atoms with Gasteiger partial charge in [-0.25, -0.2) is 14.4 Å². The number of likely N-dealkylation sites (N-methyl/N-ethyl adjacent to an activating group) is 1. The zero-order valence-electron chi connectivity index (χ0n) is 21.0. The SMILES string of the molecule is CCC(CC)(CN1CCN(C)C1=O)N1CCN(CC(CC)(CC)N2CCN(CI)C2=O)C1=O. The minimum atomic E-state index is -0.366. The molecule has 33 heavy (non-hydrogen) atoms. The molecule has 0 N–H and O–H groups in total. The van der Waals surface area contributed by atoms with Crippen LogP contribution in [0.4, 0.5) is 14.4 Å². The van der Waals surface area contributed by atoms with Gasteiger partial charge < -0.3 is 29.4 Å². The van der Waals surface area contributed by atoms with Crippen LogP contribution in [-0.2, 0) is 0 Å². The van der Waals surface area contributed by atoms with Crippen LogP contribution in [0.1, 0.15) is 53.4 Å². The second-order valence-electron chi connectivity index (χ2n) is 9.66. The summed E-state index contributed by atoms with van der Waals surface area (Å²) in [7, 11) is 1.83. The topological polar surface area (TPSA) is 70.7 Å². The molecule has 3 rings (SSSR count). The number of hydrogen-bond acceptors (Lipinski definition) is 3. The van der Waals surface area contributed by atoms with Gasteiger partial charge in [0, 0.05) is 59.4 Å². The molecule has 0 bridgehead atoms. The highest BCUT2D eigenvalue weighted by Crippen LogP contribution is 2.34. The summed E-state index contributed by atoms with van der Waals surface area (Å²) in [6, 6.07) is 0.181. The smallest absolute Gasteiger partial charge is 0.321 e. The van der Waals surface area contributed by atoms with E-state index < -0.39 is 0 Å². The van der Waals surface area contributed by atoms with Crippen LogP contribution in [0, 0.1) is 0 Å². The van der Waals surface area contributed by atoms with Crippen molar-refractivity contribution in [2.45, 2.75) is 64.5 Å². The summed E-state index contributed by atoms with van der Waals surface area (Å²) in [6.07, 6.45) is 3.24. The van der Waals surface area contributed by atoms with E-state index in [0.717, 1.165) is 38.8 Å². The van der Waals surface area contributed by atoms with Crippen LogP contribution in [0.3, 0.4) is 0 Å². The van der Waals surface area contributed by atoms with Crippen molar-refractivity contribution in [2.75, 3.05) is 64.0 Å². The third-order valence-corrected chi connectivity index (χ3v) is 9.21. The molecule has 3 saturated heterocycles. The molecule has 3 heterocycles. The van der Waals surface area contributed by atoms with Gasteiger partial charge in [0.15, 0.2) is 0 Å². The third-order valence-electron chi connectivity index (χ3n) is 8.38. The lowest BCUT2D eigenvalue weighted by Gasteiger charge is -2.44. The van der Waals surface area contributed by atoms with Crippen LogP contribution in [0.15, 0.2) is 0 Å². The van der Waals surface area contributed by atoms with Crippen molar-refractivity contribution in [3.8, 4) is 0 Å². The van der Waals surface area contributed by atoms with Crippen LogP contribution in [0.5, 0.6) is 0 Å². The first kappa shape index (κ1) is 26.2. The van der Waals surface area contributed by atoms with Crippen LogP contribution in [0.25, 0.3) is 0 Å². The Morgan fingerprint density at radius 2 is 1.03 bits per heavy atom. The Morgan fingerprint density at radius 1 is 0.636 bits per heavy atom. The highest BCUT2D eigenvalue weighted by atomic mass is 127. The Kier molecular flexibility index (Phi) is 8.27. The second-order valence-corrected chi connectivity index (χ2v) is 10.3. The van der Waals surface area contributed by atoms with Gasteiger partial charge in [-0.3, -0.25) is 0 Å². The Labute approximate surface area is 212 Å². The van der Waals surface area contributed by atoms with Crippen LogP contribution in [-0.4, -0.2) is 123 Å². The van der Waals surface area contributed by atoms with Gasteiger partial charge >= 0.3 is 18.1 Å². The molecule has 10 heteroatoms. The van der Waals surface area contributed by atoms with E-state index in [0.29, 0.717) is 43.8 Å². The van der Waals surface area contributed by atoms with Crippen LogP contribution >= 0.6 is 22.6 Å². The molecule has 188 valence electrons. The molecule has 6 amide bonds. The lowest BCUT2D eigenvalue weighted by molar-refractivity contribution is 0.0749. The number of urea groups is 3. The highest BCUT2D eigenvalue weighted by Gasteiger charge is 2.49. The number of amides is 6. The van der Waals surface area contributed by atoms with Crippen LogP contribution in [0.2, 0.25) is 0 Å². The Hall–Kier alpha value is -1.46. The largest absolute Gasteiger partial charge is 0.326 e. The fourth-order valence-corrected chi connectivity index (χ4v) is 6.38. The van der Waals surface area contributed by atoms with Gasteiger partial charge in [-0.05, 0) is 25.7 Å². The van der Waals surface area contributed by atoms with Crippen molar-refractivity contribution < 1.29 is 14.4 Å². The zero-order valence-corrected chi connectivity index (χ0v) is 23.1. The first-order chi connectivity index (χ1) is 15.7. The molecule has 0 aromatic rings. The van der Waals surface area contributed by atoms with E-state index in [9.17, 15) is 14.4 Å². The molecule has 0 aromatic carbocycles. The molecule has 0 aliphatic carbocycles. The normalized spacial score (nSPS) is 20.4. The highest BCUT2D eigenvalue weighted by molar-refractivity contribution is 14.1.